The van der Waals surface area contributed by atoms with Crippen molar-refractivity contribution in [2.45, 2.75) is 39.8 Å². The topological polar surface area (TPSA) is 67.6 Å². The van der Waals surface area contributed by atoms with Crippen LogP contribution in [0.3, 0.4) is 0 Å². The summed E-state index contributed by atoms with van der Waals surface area (Å²) in [6.45, 7) is 7.36. The van der Waals surface area contributed by atoms with Gasteiger partial charge in [0.05, 0.1) is 17.6 Å². The maximum atomic E-state index is 12.9. The SMILES string of the molecule is COC[C@@]12CN(C(=O)CCn3c(CO)nc4ccccc43)C[C@@H]1C(C)(C)C2. The Labute approximate surface area is 160 Å². The van der Waals surface area contributed by atoms with Crippen molar-refractivity contribution in [2.24, 2.45) is 16.7 Å². The molecule has 2 aliphatic rings. The number of carbonyl (C=O) groups is 1. The van der Waals surface area contributed by atoms with Gasteiger partial charge in [-0.25, -0.2) is 4.98 Å². The summed E-state index contributed by atoms with van der Waals surface area (Å²) in [5, 5.41) is 9.63. The molecule has 2 aromatic rings. The number of aliphatic hydroxyl groups excluding tert-OH is 1. The third kappa shape index (κ3) is 2.95. The van der Waals surface area contributed by atoms with Gasteiger partial charge in [-0.2, -0.15) is 0 Å². The van der Waals surface area contributed by atoms with E-state index in [1.54, 1.807) is 7.11 Å². The van der Waals surface area contributed by atoms with E-state index in [1.807, 2.05) is 33.7 Å². The van der Waals surface area contributed by atoms with Gasteiger partial charge < -0.3 is 19.3 Å². The molecule has 1 aliphatic carbocycles. The predicted molar refractivity (Wildman–Crippen MR) is 103 cm³/mol. The van der Waals surface area contributed by atoms with Gasteiger partial charge in [0.25, 0.3) is 0 Å². The van der Waals surface area contributed by atoms with Gasteiger partial charge in [0, 0.05) is 38.6 Å². The van der Waals surface area contributed by atoms with Crippen LogP contribution in [0.1, 0.15) is 32.5 Å². The Hall–Kier alpha value is -1.92. The molecule has 0 bridgehead atoms. The summed E-state index contributed by atoms with van der Waals surface area (Å²) < 4.78 is 7.46. The minimum absolute atomic E-state index is 0.125. The van der Waals surface area contributed by atoms with E-state index in [1.165, 1.54) is 0 Å². The first-order valence-electron chi connectivity index (χ1n) is 9.72. The van der Waals surface area contributed by atoms with Crippen LogP contribution in [-0.4, -0.2) is 52.3 Å². The van der Waals surface area contributed by atoms with Crippen LogP contribution in [0.25, 0.3) is 11.0 Å². The molecule has 6 heteroatoms. The van der Waals surface area contributed by atoms with Crippen molar-refractivity contribution in [1.82, 2.24) is 14.5 Å². The van der Waals surface area contributed by atoms with E-state index in [2.05, 4.69) is 18.8 Å². The molecule has 1 aliphatic heterocycles. The number of aromatic nitrogens is 2. The highest BCUT2D eigenvalue weighted by Gasteiger charge is 2.63. The van der Waals surface area contributed by atoms with E-state index < -0.39 is 0 Å². The molecular weight excluding hydrogens is 342 g/mol. The summed E-state index contributed by atoms with van der Waals surface area (Å²) >= 11 is 0. The van der Waals surface area contributed by atoms with Gasteiger partial charge in [-0.3, -0.25) is 4.79 Å². The van der Waals surface area contributed by atoms with E-state index in [4.69, 9.17) is 4.74 Å². The molecule has 0 spiro atoms. The molecule has 0 radical (unpaired) electrons. The van der Waals surface area contributed by atoms with Crippen LogP contribution in [0, 0.1) is 16.7 Å². The molecule has 4 rings (SSSR count). The van der Waals surface area contributed by atoms with E-state index in [0.717, 1.165) is 37.2 Å². The molecule has 2 atom stereocenters. The Morgan fingerprint density at radius 3 is 2.85 bits per heavy atom. The summed E-state index contributed by atoms with van der Waals surface area (Å²) in [6, 6.07) is 7.81. The van der Waals surface area contributed by atoms with Crippen molar-refractivity contribution in [3.8, 4) is 0 Å². The number of hydrogen-bond acceptors (Lipinski definition) is 4. The highest BCUT2D eigenvalue weighted by Crippen LogP contribution is 2.62. The van der Waals surface area contributed by atoms with Crippen molar-refractivity contribution in [3.05, 3.63) is 30.1 Å². The lowest BCUT2D eigenvalue weighted by molar-refractivity contribution is -0.131. The molecular formula is C21H29N3O3. The number of methoxy groups -OCH3 is 1. The van der Waals surface area contributed by atoms with Crippen molar-refractivity contribution in [3.63, 3.8) is 0 Å². The average molecular weight is 371 g/mol. The number of fused-ring (bicyclic) bond motifs is 2. The molecule has 2 heterocycles. The molecule has 27 heavy (non-hydrogen) atoms. The molecule has 6 nitrogen and oxygen atoms in total. The largest absolute Gasteiger partial charge is 0.388 e. The number of imidazole rings is 1. The van der Waals surface area contributed by atoms with Gasteiger partial charge in [0.15, 0.2) is 0 Å². The maximum absolute atomic E-state index is 12.9. The number of benzene rings is 1. The van der Waals surface area contributed by atoms with Crippen LogP contribution >= 0.6 is 0 Å². The Balaban J connectivity index is 1.47. The first kappa shape index (κ1) is 18.4. The van der Waals surface area contributed by atoms with E-state index in [0.29, 0.717) is 24.7 Å². The normalized spacial score (nSPS) is 26.2. The molecule has 2 fully saturated rings. The number of amides is 1. The van der Waals surface area contributed by atoms with Crippen LogP contribution in [0.15, 0.2) is 24.3 Å². The fourth-order valence-corrected chi connectivity index (χ4v) is 5.66. The lowest BCUT2D eigenvalue weighted by Crippen LogP contribution is -2.55. The summed E-state index contributed by atoms with van der Waals surface area (Å²) in [7, 11) is 1.75. The van der Waals surface area contributed by atoms with E-state index in [-0.39, 0.29) is 23.3 Å². The number of carbonyl (C=O) groups excluding carboxylic acids is 1. The van der Waals surface area contributed by atoms with Gasteiger partial charge in [0.2, 0.25) is 5.91 Å². The maximum Gasteiger partial charge on any atom is 0.224 e. The summed E-state index contributed by atoms with van der Waals surface area (Å²) in [4.78, 5) is 19.4. The second kappa shape index (κ2) is 6.60. The summed E-state index contributed by atoms with van der Waals surface area (Å²) in [6.07, 6.45) is 1.53. The fourth-order valence-electron chi connectivity index (χ4n) is 5.66. The smallest absolute Gasteiger partial charge is 0.224 e. The monoisotopic (exact) mass is 371 g/mol. The number of para-hydroxylation sites is 2. The second-order valence-electron chi connectivity index (χ2n) is 8.86. The zero-order valence-electron chi connectivity index (χ0n) is 16.4. The first-order chi connectivity index (χ1) is 12.9. The summed E-state index contributed by atoms with van der Waals surface area (Å²) in [5.74, 6) is 1.30. The molecule has 1 amide bonds. The Kier molecular flexibility index (Phi) is 4.51. The van der Waals surface area contributed by atoms with Gasteiger partial charge in [-0.15, -0.1) is 0 Å². The average Bonchev–Trinajstić information content (AvgIpc) is 3.16. The lowest BCUT2D eigenvalue weighted by atomic mass is 9.48. The van der Waals surface area contributed by atoms with Crippen molar-refractivity contribution < 1.29 is 14.6 Å². The Bertz CT molecular complexity index is 859. The van der Waals surface area contributed by atoms with Crippen molar-refractivity contribution in [2.75, 3.05) is 26.8 Å². The quantitative estimate of drug-likeness (QED) is 0.847. The van der Waals surface area contributed by atoms with E-state index in [9.17, 15) is 9.90 Å². The third-order valence-electron chi connectivity index (χ3n) is 6.61. The zero-order chi connectivity index (χ0) is 19.2. The molecule has 1 aromatic heterocycles. The molecule has 1 saturated heterocycles. The number of likely N-dealkylation sites (tertiary alicyclic amines) is 1. The minimum atomic E-state index is -0.125. The number of ether oxygens (including phenoxy) is 1. The molecule has 1 N–H and O–H groups in total. The molecule has 0 unspecified atom stereocenters. The van der Waals surface area contributed by atoms with Crippen LogP contribution in [0.5, 0.6) is 0 Å². The molecule has 146 valence electrons. The number of aliphatic hydroxyl groups is 1. The van der Waals surface area contributed by atoms with Gasteiger partial charge >= 0.3 is 0 Å². The van der Waals surface area contributed by atoms with Crippen LogP contribution < -0.4 is 0 Å². The Morgan fingerprint density at radius 2 is 2.15 bits per heavy atom. The highest BCUT2D eigenvalue weighted by molar-refractivity contribution is 5.78. The minimum Gasteiger partial charge on any atom is -0.388 e. The number of aryl methyl sites for hydroxylation is 1. The standard InChI is InChI=1S/C21H29N3O3/c1-20(2)12-21(14-27-3)13-23(10-17(20)21)19(26)8-9-24-16-7-5-4-6-15(16)22-18(24)11-25/h4-7,17,25H,8-14H2,1-3H3/t17-,21-/m1/s1. The van der Waals surface area contributed by atoms with Gasteiger partial charge in [-0.05, 0) is 29.9 Å². The fraction of sp³-hybridized carbons (Fsp3) is 0.619. The van der Waals surface area contributed by atoms with Crippen LogP contribution in [-0.2, 0) is 22.7 Å². The van der Waals surface area contributed by atoms with Crippen LogP contribution in [0.2, 0.25) is 0 Å². The lowest BCUT2D eigenvalue weighted by Gasteiger charge is -2.56. The zero-order valence-corrected chi connectivity index (χ0v) is 16.4. The van der Waals surface area contributed by atoms with Crippen molar-refractivity contribution >= 4 is 16.9 Å². The molecule has 1 saturated carbocycles. The summed E-state index contributed by atoms with van der Waals surface area (Å²) in [5.41, 5.74) is 2.23. The number of rotatable bonds is 6. The molecule has 1 aromatic carbocycles. The highest BCUT2D eigenvalue weighted by atomic mass is 16.5. The van der Waals surface area contributed by atoms with Gasteiger partial charge in [-0.1, -0.05) is 26.0 Å². The number of hydrogen-bond donors (Lipinski definition) is 1. The van der Waals surface area contributed by atoms with Crippen LogP contribution in [0.4, 0.5) is 0 Å². The van der Waals surface area contributed by atoms with Crippen molar-refractivity contribution in [1.29, 1.82) is 0 Å². The first-order valence-corrected chi connectivity index (χ1v) is 9.72. The predicted octanol–water partition coefficient (Wildman–Crippen LogP) is 2.44. The third-order valence-corrected chi connectivity index (χ3v) is 6.61. The Morgan fingerprint density at radius 1 is 1.37 bits per heavy atom. The second-order valence-corrected chi connectivity index (χ2v) is 8.86. The van der Waals surface area contributed by atoms with Gasteiger partial charge in [0.1, 0.15) is 12.4 Å². The number of nitrogens with zero attached hydrogens (tertiary/aromatic N) is 3. The van der Waals surface area contributed by atoms with E-state index >= 15 is 0 Å².